The molecule has 0 saturated carbocycles. The van der Waals surface area contributed by atoms with Crippen LogP contribution in [0.15, 0.2) is 24.3 Å². The van der Waals surface area contributed by atoms with Gasteiger partial charge in [0.25, 0.3) is 0 Å². The van der Waals surface area contributed by atoms with Crippen LogP contribution >= 0.6 is 0 Å². The van der Waals surface area contributed by atoms with E-state index in [4.69, 9.17) is 9.47 Å². The Balaban J connectivity index is 3.57. The molecule has 0 unspecified atom stereocenters. The topological polar surface area (TPSA) is 18.5 Å². The van der Waals surface area contributed by atoms with E-state index in [2.05, 4.69) is 45.1 Å². The van der Waals surface area contributed by atoms with E-state index in [0.29, 0.717) is 0 Å². The van der Waals surface area contributed by atoms with Crippen LogP contribution in [0.3, 0.4) is 0 Å². The zero-order chi connectivity index (χ0) is 19.1. The van der Waals surface area contributed by atoms with Crippen molar-refractivity contribution in [1.82, 2.24) is 0 Å². The van der Waals surface area contributed by atoms with Crippen LogP contribution in [0.2, 0.25) is 0 Å². The molecule has 0 atom stereocenters. The Morgan fingerprint density at radius 2 is 1.08 bits per heavy atom. The van der Waals surface area contributed by atoms with Gasteiger partial charge in [-0.3, -0.25) is 0 Å². The van der Waals surface area contributed by atoms with Crippen LogP contribution in [-0.2, 0) is 9.47 Å². The summed E-state index contributed by atoms with van der Waals surface area (Å²) in [5, 5.41) is 0. The van der Waals surface area contributed by atoms with Crippen molar-refractivity contribution in [1.29, 1.82) is 0 Å². The first-order valence-corrected chi connectivity index (χ1v) is 11.4. The van der Waals surface area contributed by atoms with Crippen LogP contribution in [0.1, 0.15) is 111 Å². The van der Waals surface area contributed by atoms with E-state index in [0.717, 1.165) is 32.5 Å². The van der Waals surface area contributed by atoms with Crippen molar-refractivity contribution in [3.05, 3.63) is 24.3 Å². The summed E-state index contributed by atoms with van der Waals surface area (Å²) in [4.78, 5) is 0. The number of hydrogen-bond donors (Lipinski definition) is 0. The van der Waals surface area contributed by atoms with Gasteiger partial charge in [-0.1, -0.05) is 90.0 Å². The number of allylic oxidation sites excluding steroid dienone is 4. The van der Waals surface area contributed by atoms with Crippen molar-refractivity contribution in [2.24, 2.45) is 0 Å². The summed E-state index contributed by atoms with van der Waals surface area (Å²) in [6, 6.07) is 0. The molecule has 26 heavy (non-hydrogen) atoms. The average molecular weight is 367 g/mol. The third-order valence-corrected chi connectivity index (χ3v) is 4.52. The predicted molar refractivity (Wildman–Crippen MR) is 116 cm³/mol. The molecule has 0 aliphatic rings. The lowest BCUT2D eigenvalue weighted by molar-refractivity contribution is -0.147. The summed E-state index contributed by atoms with van der Waals surface area (Å²) in [7, 11) is 0. The Hall–Kier alpha value is -0.600. The maximum atomic E-state index is 5.90. The third-order valence-electron chi connectivity index (χ3n) is 4.52. The van der Waals surface area contributed by atoms with Crippen LogP contribution in [0.5, 0.6) is 0 Å². The highest BCUT2D eigenvalue weighted by atomic mass is 16.7. The van der Waals surface area contributed by atoms with E-state index in [1.165, 1.54) is 70.6 Å². The van der Waals surface area contributed by atoms with Crippen molar-refractivity contribution in [2.75, 3.05) is 13.2 Å². The Morgan fingerprint density at radius 1 is 0.577 bits per heavy atom. The first-order valence-electron chi connectivity index (χ1n) is 11.4. The van der Waals surface area contributed by atoms with Crippen molar-refractivity contribution >= 4 is 0 Å². The van der Waals surface area contributed by atoms with Crippen LogP contribution < -0.4 is 0 Å². The van der Waals surface area contributed by atoms with Gasteiger partial charge < -0.3 is 9.47 Å². The average Bonchev–Trinajstić information content (AvgIpc) is 2.65. The van der Waals surface area contributed by atoms with Crippen LogP contribution in [0, 0.1) is 0 Å². The number of ether oxygens (including phenoxy) is 2. The standard InChI is InChI=1S/C24H46O2/c1-4-7-10-11-12-13-14-15-16-17-18-19-20-21-24(25-22-8-5-2)26-23-9-6-3/h11-14,24H,4-10,15-23H2,1-3H3/b12-11+,14-13-. The molecule has 0 bridgehead atoms. The molecular weight excluding hydrogens is 320 g/mol. The molecule has 0 heterocycles. The second-order valence-corrected chi connectivity index (χ2v) is 7.22. The van der Waals surface area contributed by atoms with Gasteiger partial charge in [-0.25, -0.2) is 0 Å². The van der Waals surface area contributed by atoms with Gasteiger partial charge in [-0.05, 0) is 44.9 Å². The van der Waals surface area contributed by atoms with Gasteiger partial charge in [0, 0.05) is 13.2 Å². The predicted octanol–water partition coefficient (Wildman–Crippen LogP) is 7.98. The lowest BCUT2D eigenvalue weighted by atomic mass is 10.1. The molecule has 2 heteroatoms. The van der Waals surface area contributed by atoms with Crippen LogP contribution in [0.4, 0.5) is 0 Å². The molecule has 0 rings (SSSR count). The quantitative estimate of drug-likeness (QED) is 0.123. The molecule has 0 aromatic heterocycles. The molecule has 0 N–H and O–H groups in total. The van der Waals surface area contributed by atoms with Gasteiger partial charge in [-0.15, -0.1) is 0 Å². The molecule has 0 aliphatic carbocycles. The van der Waals surface area contributed by atoms with Gasteiger partial charge in [0.1, 0.15) is 0 Å². The first-order chi connectivity index (χ1) is 12.8. The molecule has 2 nitrogen and oxygen atoms in total. The Kier molecular flexibility index (Phi) is 21.9. The maximum Gasteiger partial charge on any atom is 0.157 e. The minimum atomic E-state index is 0.0236. The molecule has 0 aromatic rings. The van der Waals surface area contributed by atoms with E-state index < -0.39 is 0 Å². The number of unbranched alkanes of at least 4 members (excludes halogenated alkanes) is 9. The maximum absolute atomic E-state index is 5.90. The summed E-state index contributed by atoms with van der Waals surface area (Å²) >= 11 is 0. The molecule has 0 spiro atoms. The lowest BCUT2D eigenvalue weighted by Gasteiger charge is -2.18. The molecule has 0 amide bonds. The molecule has 0 radical (unpaired) electrons. The van der Waals surface area contributed by atoms with Gasteiger partial charge in [0.15, 0.2) is 6.29 Å². The second-order valence-electron chi connectivity index (χ2n) is 7.22. The molecule has 0 fully saturated rings. The van der Waals surface area contributed by atoms with Gasteiger partial charge in [0.05, 0.1) is 0 Å². The number of rotatable bonds is 20. The van der Waals surface area contributed by atoms with Crippen LogP contribution in [-0.4, -0.2) is 19.5 Å². The molecular formula is C24H46O2. The minimum Gasteiger partial charge on any atom is -0.353 e. The molecule has 0 aromatic carbocycles. The Labute approximate surface area is 164 Å². The fourth-order valence-corrected chi connectivity index (χ4v) is 2.71. The van der Waals surface area contributed by atoms with E-state index in [-0.39, 0.29) is 6.29 Å². The fraction of sp³-hybridized carbons (Fsp3) is 0.833. The second kappa shape index (κ2) is 22.4. The normalized spacial score (nSPS) is 12.2. The zero-order valence-electron chi connectivity index (χ0n) is 18.0. The van der Waals surface area contributed by atoms with E-state index in [9.17, 15) is 0 Å². The van der Waals surface area contributed by atoms with Gasteiger partial charge in [0.2, 0.25) is 0 Å². The van der Waals surface area contributed by atoms with E-state index in [1.54, 1.807) is 0 Å². The molecule has 0 aliphatic heterocycles. The van der Waals surface area contributed by atoms with Crippen LogP contribution in [0.25, 0.3) is 0 Å². The van der Waals surface area contributed by atoms with E-state index >= 15 is 0 Å². The highest BCUT2D eigenvalue weighted by Crippen LogP contribution is 2.13. The largest absolute Gasteiger partial charge is 0.353 e. The van der Waals surface area contributed by atoms with Gasteiger partial charge in [-0.2, -0.15) is 0 Å². The van der Waals surface area contributed by atoms with Gasteiger partial charge >= 0.3 is 0 Å². The minimum absolute atomic E-state index is 0.0236. The summed E-state index contributed by atoms with van der Waals surface area (Å²) in [6.07, 6.45) is 26.2. The smallest absolute Gasteiger partial charge is 0.157 e. The van der Waals surface area contributed by atoms with Crippen molar-refractivity contribution in [3.63, 3.8) is 0 Å². The first kappa shape index (κ1) is 25.4. The van der Waals surface area contributed by atoms with Crippen molar-refractivity contribution in [3.8, 4) is 0 Å². The fourth-order valence-electron chi connectivity index (χ4n) is 2.71. The van der Waals surface area contributed by atoms with Crippen molar-refractivity contribution in [2.45, 2.75) is 117 Å². The molecule has 154 valence electrons. The highest BCUT2D eigenvalue weighted by Gasteiger charge is 2.08. The Morgan fingerprint density at radius 3 is 1.65 bits per heavy atom. The SMILES string of the molecule is CCCC/C=C/C=C\CCCCCCCC(OCCCC)OCCCC. The molecule has 0 saturated heterocycles. The number of hydrogen-bond acceptors (Lipinski definition) is 2. The summed E-state index contributed by atoms with van der Waals surface area (Å²) in [5.74, 6) is 0. The summed E-state index contributed by atoms with van der Waals surface area (Å²) in [6.45, 7) is 8.32. The summed E-state index contributed by atoms with van der Waals surface area (Å²) < 4.78 is 11.8. The Bertz CT molecular complexity index is 299. The zero-order valence-corrected chi connectivity index (χ0v) is 18.0. The summed E-state index contributed by atoms with van der Waals surface area (Å²) in [5.41, 5.74) is 0. The van der Waals surface area contributed by atoms with Crippen molar-refractivity contribution < 1.29 is 9.47 Å². The van der Waals surface area contributed by atoms with E-state index in [1.807, 2.05) is 0 Å². The monoisotopic (exact) mass is 366 g/mol. The highest BCUT2D eigenvalue weighted by molar-refractivity contribution is 5.02. The third kappa shape index (κ3) is 19.7. The lowest BCUT2D eigenvalue weighted by Crippen LogP contribution is -2.18.